The third-order valence-corrected chi connectivity index (χ3v) is 5.87. The molecule has 3 nitrogen and oxygen atoms in total. The lowest BCUT2D eigenvalue weighted by Crippen LogP contribution is -2.41. The molecule has 0 bridgehead atoms. The van der Waals surface area contributed by atoms with E-state index in [4.69, 9.17) is 0 Å². The fourth-order valence-electron chi connectivity index (χ4n) is 4.00. The number of anilines is 1. The fourth-order valence-corrected chi connectivity index (χ4v) is 4.00. The van der Waals surface area contributed by atoms with Gasteiger partial charge in [0.15, 0.2) is 0 Å². The maximum atomic E-state index is 11.7. The summed E-state index contributed by atoms with van der Waals surface area (Å²) >= 11 is 0. The van der Waals surface area contributed by atoms with Gasteiger partial charge in [-0.15, -0.1) is 0 Å². The summed E-state index contributed by atoms with van der Waals surface area (Å²) in [7, 11) is 1.85. The summed E-state index contributed by atoms with van der Waals surface area (Å²) < 4.78 is 0. The molecule has 3 heteroatoms. The van der Waals surface area contributed by atoms with Gasteiger partial charge in [0.1, 0.15) is 0 Å². The Morgan fingerprint density at radius 2 is 1.96 bits per heavy atom. The third kappa shape index (κ3) is 5.20. The van der Waals surface area contributed by atoms with Crippen molar-refractivity contribution in [2.75, 3.05) is 11.9 Å². The Morgan fingerprint density at radius 1 is 1.19 bits per heavy atom. The summed E-state index contributed by atoms with van der Waals surface area (Å²) in [4.78, 5) is 13.4. The molecule has 144 valence electrons. The van der Waals surface area contributed by atoms with Gasteiger partial charge in [-0.2, -0.15) is 0 Å². The van der Waals surface area contributed by atoms with Crippen LogP contribution >= 0.6 is 0 Å². The molecule has 2 aromatic rings. The van der Waals surface area contributed by atoms with Gasteiger partial charge >= 0.3 is 0 Å². The highest BCUT2D eigenvalue weighted by Crippen LogP contribution is 2.26. The van der Waals surface area contributed by atoms with Crippen molar-refractivity contribution >= 4 is 11.6 Å². The molecule has 1 amide bonds. The quantitative estimate of drug-likeness (QED) is 0.783. The number of hydrogen-bond acceptors (Lipinski definition) is 2. The molecule has 2 atom stereocenters. The van der Waals surface area contributed by atoms with E-state index in [2.05, 4.69) is 60.8 Å². The highest BCUT2D eigenvalue weighted by atomic mass is 16.2. The van der Waals surface area contributed by atoms with Crippen molar-refractivity contribution in [3.63, 3.8) is 0 Å². The van der Waals surface area contributed by atoms with Gasteiger partial charge in [0.05, 0.1) is 0 Å². The van der Waals surface area contributed by atoms with Crippen molar-refractivity contribution in [2.24, 2.45) is 0 Å². The zero-order chi connectivity index (χ0) is 19.2. The van der Waals surface area contributed by atoms with Crippen LogP contribution in [0.3, 0.4) is 0 Å². The second-order valence-corrected chi connectivity index (χ2v) is 7.77. The minimum atomic E-state index is 0.0763. The fraction of sp³-hybridized carbons (Fsp3) is 0.458. The number of fused-ring (bicyclic) bond motifs is 1. The van der Waals surface area contributed by atoms with Crippen molar-refractivity contribution < 1.29 is 4.79 Å². The molecule has 0 heterocycles. The standard InChI is InChI=1S/C24H32N2O/c1-4-22(13-10-19-8-6-5-7-9-19)25-23-14-11-20-12-15-24(17-21(20)16-23)26(3)18(2)27/h5-9,12,15,17,22-23,25H,4,10-11,13-14,16H2,1-3H3. The number of aryl methyl sites for hydroxylation is 2. The summed E-state index contributed by atoms with van der Waals surface area (Å²) in [6, 6.07) is 18.3. The molecule has 27 heavy (non-hydrogen) atoms. The van der Waals surface area contributed by atoms with Crippen LogP contribution in [0.15, 0.2) is 48.5 Å². The molecular formula is C24H32N2O. The van der Waals surface area contributed by atoms with Crippen LogP contribution < -0.4 is 10.2 Å². The molecule has 0 spiro atoms. The average Bonchev–Trinajstić information content (AvgIpc) is 2.70. The van der Waals surface area contributed by atoms with Crippen molar-refractivity contribution in [3.05, 3.63) is 65.2 Å². The Hall–Kier alpha value is -2.13. The van der Waals surface area contributed by atoms with E-state index in [1.165, 1.54) is 29.5 Å². The highest BCUT2D eigenvalue weighted by Gasteiger charge is 2.21. The Balaban J connectivity index is 1.60. The average molecular weight is 365 g/mol. The lowest BCUT2D eigenvalue weighted by molar-refractivity contribution is -0.116. The number of amides is 1. The van der Waals surface area contributed by atoms with Crippen LogP contribution in [-0.2, 0) is 24.1 Å². The first-order valence-corrected chi connectivity index (χ1v) is 10.2. The van der Waals surface area contributed by atoms with E-state index in [-0.39, 0.29) is 5.91 Å². The molecule has 0 fully saturated rings. The topological polar surface area (TPSA) is 32.3 Å². The first kappa shape index (κ1) is 19.6. The summed E-state index contributed by atoms with van der Waals surface area (Å²) in [6.45, 7) is 3.89. The van der Waals surface area contributed by atoms with Crippen LogP contribution in [0.4, 0.5) is 5.69 Å². The molecule has 2 unspecified atom stereocenters. The second-order valence-electron chi connectivity index (χ2n) is 7.77. The van der Waals surface area contributed by atoms with Gasteiger partial charge in [-0.3, -0.25) is 4.79 Å². The van der Waals surface area contributed by atoms with Crippen molar-refractivity contribution in [1.82, 2.24) is 5.32 Å². The van der Waals surface area contributed by atoms with E-state index in [0.29, 0.717) is 12.1 Å². The Morgan fingerprint density at radius 3 is 2.67 bits per heavy atom. The van der Waals surface area contributed by atoms with E-state index in [1.54, 1.807) is 11.8 Å². The van der Waals surface area contributed by atoms with Crippen molar-refractivity contribution in [2.45, 2.75) is 64.5 Å². The van der Waals surface area contributed by atoms with Gasteiger partial charge in [0, 0.05) is 31.7 Å². The SMILES string of the molecule is CCC(CCc1ccccc1)NC1CCc2ccc(N(C)C(C)=O)cc2C1. The molecule has 1 N–H and O–H groups in total. The van der Waals surface area contributed by atoms with E-state index < -0.39 is 0 Å². The van der Waals surface area contributed by atoms with Crippen LogP contribution in [0, 0.1) is 0 Å². The minimum Gasteiger partial charge on any atom is -0.316 e. The molecular weight excluding hydrogens is 332 g/mol. The van der Waals surface area contributed by atoms with Crippen LogP contribution in [0.5, 0.6) is 0 Å². The van der Waals surface area contributed by atoms with Crippen LogP contribution in [0.1, 0.15) is 49.8 Å². The zero-order valence-electron chi connectivity index (χ0n) is 16.9. The number of carbonyl (C=O) groups excluding carboxylic acids is 1. The summed E-state index contributed by atoms with van der Waals surface area (Å²) in [5, 5.41) is 3.91. The molecule has 1 aliphatic rings. The molecule has 1 aliphatic carbocycles. The number of rotatable bonds is 7. The van der Waals surface area contributed by atoms with E-state index in [1.807, 2.05) is 7.05 Å². The Kier molecular flexibility index (Phi) is 6.68. The monoisotopic (exact) mass is 364 g/mol. The minimum absolute atomic E-state index is 0.0763. The number of nitrogens with one attached hydrogen (secondary N) is 1. The van der Waals surface area contributed by atoms with E-state index >= 15 is 0 Å². The summed E-state index contributed by atoms with van der Waals surface area (Å²) in [5.41, 5.74) is 5.25. The lowest BCUT2D eigenvalue weighted by atomic mass is 9.87. The normalized spacial score (nSPS) is 17.2. The Bertz CT molecular complexity index is 756. The number of nitrogens with zero attached hydrogens (tertiary/aromatic N) is 1. The molecule has 0 aliphatic heterocycles. The third-order valence-electron chi connectivity index (χ3n) is 5.87. The number of benzene rings is 2. The first-order valence-electron chi connectivity index (χ1n) is 10.2. The van der Waals surface area contributed by atoms with E-state index in [0.717, 1.165) is 31.4 Å². The molecule has 3 rings (SSSR count). The maximum absolute atomic E-state index is 11.7. The van der Waals surface area contributed by atoms with Gasteiger partial charge in [0.2, 0.25) is 5.91 Å². The lowest BCUT2D eigenvalue weighted by Gasteiger charge is -2.30. The molecule has 0 saturated carbocycles. The predicted molar refractivity (Wildman–Crippen MR) is 113 cm³/mol. The summed E-state index contributed by atoms with van der Waals surface area (Å²) in [5.74, 6) is 0.0763. The van der Waals surface area contributed by atoms with Crippen molar-refractivity contribution in [3.8, 4) is 0 Å². The molecule has 0 radical (unpaired) electrons. The van der Waals surface area contributed by atoms with Gasteiger partial charge in [-0.25, -0.2) is 0 Å². The van der Waals surface area contributed by atoms with Crippen LogP contribution in [-0.4, -0.2) is 25.0 Å². The smallest absolute Gasteiger partial charge is 0.223 e. The first-order chi connectivity index (χ1) is 13.1. The maximum Gasteiger partial charge on any atom is 0.223 e. The van der Waals surface area contributed by atoms with E-state index in [9.17, 15) is 4.79 Å². The number of carbonyl (C=O) groups is 1. The van der Waals surface area contributed by atoms with Crippen molar-refractivity contribution in [1.29, 1.82) is 0 Å². The predicted octanol–water partition coefficient (Wildman–Crippen LogP) is 4.53. The second kappa shape index (κ2) is 9.18. The van der Waals surface area contributed by atoms with Gasteiger partial charge < -0.3 is 10.2 Å². The Labute approximate surface area is 163 Å². The largest absolute Gasteiger partial charge is 0.316 e. The molecule has 0 aromatic heterocycles. The zero-order valence-corrected chi connectivity index (χ0v) is 16.9. The molecule has 0 saturated heterocycles. The van der Waals surface area contributed by atoms with Crippen LogP contribution in [0.2, 0.25) is 0 Å². The van der Waals surface area contributed by atoms with Crippen LogP contribution in [0.25, 0.3) is 0 Å². The number of hydrogen-bond donors (Lipinski definition) is 1. The highest BCUT2D eigenvalue weighted by molar-refractivity contribution is 5.91. The summed E-state index contributed by atoms with van der Waals surface area (Å²) in [6.07, 6.45) is 6.82. The molecule has 2 aromatic carbocycles. The van der Waals surface area contributed by atoms with Gasteiger partial charge in [0.25, 0.3) is 0 Å². The van der Waals surface area contributed by atoms with Gasteiger partial charge in [-0.1, -0.05) is 43.3 Å². The van der Waals surface area contributed by atoms with Gasteiger partial charge in [-0.05, 0) is 67.3 Å².